The average molecular weight is 349 g/mol. The van der Waals surface area contributed by atoms with Crippen molar-refractivity contribution in [1.82, 2.24) is 4.90 Å². The van der Waals surface area contributed by atoms with Crippen molar-refractivity contribution >= 4 is 30.0 Å². The van der Waals surface area contributed by atoms with Crippen molar-refractivity contribution in [3.63, 3.8) is 0 Å². The number of hydrogen-bond acceptors (Lipinski definition) is 3. The Morgan fingerprint density at radius 2 is 1.91 bits per heavy atom. The summed E-state index contributed by atoms with van der Waals surface area (Å²) in [4.78, 5) is 24.9. The highest BCUT2D eigenvalue weighted by Gasteiger charge is 2.29. The molecule has 0 bridgehead atoms. The van der Waals surface area contributed by atoms with Gasteiger partial charge >= 0.3 is 5.97 Å². The van der Waals surface area contributed by atoms with Gasteiger partial charge in [0.25, 0.3) is 0 Å². The molecule has 128 valence electrons. The second kappa shape index (κ2) is 8.21. The van der Waals surface area contributed by atoms with Crippen LogP contribution >= 0.6 is 12.4 Å². The summed E-state index contributed by atoms with van der Waals surface area (Å²) < 4.78 is 26.6. The SMILES string of the molecule is CC(C(=O)Nc1cc(F)ccc1F)N1CCC(C(=O)O)CC1.Cl. The highest BCUT2D eigenvalue weighted by molar-refractivity contribution is 5.94. The fraction of sp³-hybridized carbons (Fsp3) is 0.467. The van der Waals surface area contributed by atoms with Gasteiger partial charge in [0, 0.05) is 6.07 Å². The molecule has 1 aliphatic heterocycles. The summed E-state index contributed by atoms with van der Waals surface area (Å²) in [5.74, 6) is -2.98. The quantitative estimate of drug-likeness (QED) is 0.877. The van der Waals surface area contributed by atoms with Crippen LogP contribution in [0.25, 0.3) is 0 Å². The number of carboxylic acids is 1. The first kappa shape index (κ1) is 19.3. The number of halogens is 3. The Labute approximate surface area is 139 Å². The fourth-order valence-corrected chi connectivity index (χ4v) is 2.53. The van der Waals surface area contributed by atoms with E-state index in [1.54, 1.807) is 6.92 Å². The molecular formula is C15H19ClF2N2O3. The topological polar surface area (TPSA) is 69.6 Å². The van der Waals surface area contributed by atoms with Gasteiger partial charge in [-0.15, -0.1) is 12.4 Å². The van der Waals surface area contributed by atoms with E-state index in [9.17, 15) is 18.4 Å². The first-order valence-electron chi connectivity index (χ1n) is 7.11. The number of carboxylic acid groups (broad SMARTS) is 1. The maximum absolute atomic E-state index is 13.5. The number of amides is 1. The Hall–Kier alpha value is -1.73. The van der Waals surface area contributed by atoms with Crippen LogP contribution in [0.4, 0.5) is 14.5 Å². The zero-order valence-corrected chi connectivity index (χ0v) is 13.4. The van der Waals surface area contributed by atoms with Gasteiger partial charge in [0.05, 0.1) is 17.6 Å². The lowest BCUT2D eigenvalue weighted by atomic mass is 9.96. The minimum absolute atomic E-state index is 0. The molecule has 1 aromatic rings. The summed E-state index contributed by atoms with van der Waals surface area (Å²) in [5, 5.41) is 11.3. The van der Waals surface area contributed by atoms with E-state index in [1.165, 1.54) is 0 Å². The molecule has 1 saturated heterocycles. The van der Waals surface area contributed by atoms with Crippen molar-refractivity contribution < 1.29 is 23.5 Å². The van der Waals surface area contributed by atoms with Gasteiger partial charge in [-0.25, -0.2) is 8.78 Å². The van der Waals surface area contributed by atoms with Crippen LogP contribution in [-0.4, -0.2) is 41.0 Å². The van der Waals surface area contributed by atoms with Gasteiger partial charge in [0.1, 0.15) is 11.6 Å². The molecule has 1 aliphatic rings. The molecule has 0 saturated carbocycles. The van der Waals surface area contributed by atoms with Crippen LogP contribution in [-0.2, 0) is 9.59 Å². The third-order valence-electron chi connectivity index (χ3n) is 3.99. The normalized spacial score (nSPS) is 17.2. The van der Waals surface area contributed by atoms with E-state index in [-0.39, 0.29) is 24.0 Å². The number of likely N-dealkylation sites (tertiary alicyclic amines) is 1. The number of aliphatic carboxylic acids is 1. The lowest BCUT2D eigenvalue weighted by Crippen LogP contribution is -2.47. The molecule has 8 heteroatoms. The van der Waals surface area contributed by atoms with Gasteiger partial charge in [-0.2, -0.15) is 0 Å². The van der Waals surface area contributed by atoms with Crippen LogP contribution in [0.5, 0.6) is 0 Å². The predicted octanol–water partition coefficient (Wildman–Crippen LogP) is 2.51. The number of benzene rings is 1. The summed E-state index contributed by atoms with van der Waals surface area (Å²) in [7, 11) is 0. The van der Waals surface area contributed by atoms with E-state index < -0.39 is 29.6 Å². The van der Waals surface area contributed by atoms with E-state index in [0.29, 0.717) is 25.9 Å². The minimum atomic E-state index is -0.821. The second-order valence-electron chi connectivity index (χ2n) is 5.44. The van der Waals surface area contributed by atoms with Crippen molar-refractivity contribution in [2.45, 2.75) is 25.8 Å². The van der Waals surface area contributed by atoms with Gasteiger partial charge in [0.2, 0.25) is 5.91 Å². The molecule has 0 spiro atoms. The molecule has 2 N–H and O–H groups in total. The zero-order valence-electron chi connectivity index (χ0n) is 12.6. The molecule has 1 unspecified atom stereocenters. The number of anilines is 1. The maximum atomic E-state index is 13.5. The van der Waals surface area contributed by atoms with E-state index in [4.69, 9.17) is 5.11 Å². The second-order valence-corrected chi connectivity index (χ2v) is 5.44. The maximum Gasteiger partial charge on any atom is 0.306 e. The number of rotatable bonds is 4. The summed E-state index contributed by atoms with van der Waals surface area (Å²) in [6, 6.07) is 2.31. The molecule has 0 aliphatic carbocycles. The molecule has 23 heavy (non-hydrogen) atoms. The molecule has 0 aromatic heterocycles. The Balaban J connectivity index is 0.00000264. The molecule has 0 radical (unpaired) electrons. The van der Waals surface area contributed by atoms with Gasteiger partial charge in [-0.3, -0.25) is 14.5 Å². The monoisotopic (exact) mass is 348 g/mol. The standard InChI is InChI=1S/C15H18F2N2O3.ClH/c1-9(19-6-4-10(5-7-19)15(21)22)14(20)18-13-8-11(16)2-3-12(13)17;/h2-3,8-10H,4-7H2,1H3,(H,18,20)(H,21,22);1H. The average Bonchev–Trinajstić information content (AvgIpc) is 2.50. The summed E-state index contributed by atoms with van der Waals surface area (Å²) in [6.07, 6.45) is 0.947. The van der Waals surface area contributed by atoms with E-state index in [0.717, 1.165) is 18.2 Å². The number of carbonyl (C=O) groups excluding carboxylic acids is 1. The van der Waals surface area contributed by atoms with Crippen LogP contribution in [0.1, 0.15) is 19.8 Å². The van der Waals surface area contributed by atoms with Crippen LogP contribution in [0, 0.1) is 17.6 Å². The Morgan fingerprint density at radius 1 is 1.30 bits per heavy atom. The Kier molecular flexibility index (Phi) is 6.90. The Bertz CT molecular complexity index is 578. The lowest BCUT2D eigenvalue weighted by molar-refractivity contribution is -0.143. The Morgan fingerprint density at radius 3 is 2.48 bits per heavy atom. The van der Waals surface area contributed by atoms with Gasteiger partial charge in [-0.05, 0) is 45.0 Å². The fourth-order valence-electron chi connectivity index (χ4n) is 2.53. The highest BCUT2D eigenvalue weighted by Crippen LogP contribution is 2.21. The summed E-state index contributed by atoms with van der Waals surface area (Å²) >= 11 is 0. The first-order chi connectivity index (χ1) is 10.4. The van der Waals surface area contributed by atoms with E-state index in [2.05, 4.69) is 5.32 Å². The predicted molar refractivity (Wildman–Crippen MR) is 83.6 cm³/mol. The van der Waals surface area contributed by atoms with E-state index >= 15 is 0 Å². The third-order valence-corrected chi connectivity index (χ3v) is 3.99. The molecule has 2 rings (SSSR count). The third kappa shape index (κ3) is 4.87. The number of piperidine rings is 1. The lowest BCUT2D eigenvalue weighted by Gasteiger charge is -2.33. The summed E-state index contributed by atoms with van der Waals surface area (Å²) in [6.45, 7) is 2.63. The molecule has 1 heterocycles. The first-order valence-corrected chi connectivity index (χ1v) is 7.11. The molecule has 1 aromatic carbocycles. The largest absolute Gasteiger partial charge is 0.481 e. The molecule has 1 fully saturated rings. The van der Waals surface area contributed by atoms with Crippen molar-refractivity contribution in [3.05, 3.63) is 29.8 Å². The van der Waals surface area contributed by atoms with Crippen LogP contribution in [0.2, 0.25) is 0 Å². The zero-order chi connectivity index (χ0) is 16.3. The number of nitrogens with zero attached hydrogens (tertiary/aromatic N) is 1. The number of carbonyl (C=O) groups is 2. The van der Waals surface area contributed by atoms with Gasteiger partial charge in [0.15, 0.2) is 0 Å². The molecule has 1 amide bonds. The number of hydrogen-bond donors (Lipinski definition) is 2. The molecule has 5 nitrogen and oxygen atoms in total. The van der Waals surface area contributed by atoms with Crippen LogP contribution < -0.4 is 5.32 Å². The van der Waals surface area contributed by atoms with Crippen LogP contribution in [0.15, 0.2) is 18.2 Å². The molecule has 1 atom stereocenters. The van der Waals surface area contributed by atoms with Crippen molar-refractivity contribution in [3.8, 4) is 0 Å². The van der Waals surface area contributed by atoms with Crippen LogP contribution in [0.3, 0.4) is 0 Å². The van der Waals surface area contributed by atoms with E-state index in [1.807, 2.05) is 4.90 Å². The van der Waals surface area contributed by atoms with Crippen molar-refractivity contribution in [2.75, 3.05) is 18.4 Å². The smallest absolute Gasteiger partial charge is 0.306 e. The number of nitrogens with one attached hydrogen (secondary N) is 1. The minimum Gasteiger partial charge on any atom is -0.481 e. The van der Waals surface area contributed by atoms with Crippen molar-refractivity contribution in [1.29, 1.82) is 0 Å². The van der Waals surface area contributed by atoms with Gasteiger partial charge in [-0.1, -0.05) is 0 Å². The van der Waals surface area contributed by atoms with Gasteiger partial charge < -0.3 is 10.4 Å². The highest BCUT2D eigenvalue weighted by atomic mass is 35.5. The molecular weight excluding hydrogens is 330 g/mol. The van der Waals surface area contributed by atoms with Crippen molar-refractivity contribution in [2.24, 2.45) is 5.92 Å². The summed E-state index contributed by atoms with van der Waals surface area (Å²) in [5.41, 5.74) is -0.197.